The summed E-state index contributed by atoms with van der Waals surface area (Å²) in [4.78, 5) is 14.4. The lowest BCUT2D eigenvalue weighted by Gasteiger charge is -2.16. The molecule has 4 heteroatoms. The molecule has 1 saturated heterocycles. The molecule has 0 saturated carbocycles. The highest BCUT2D eigenvalue weighted by molar-refractivity contribution is 5.92. The average molecular weight is 323 g/mol. The van der Waals surface area contributed by atoms with E-state index in [0.29, 0.717) is 12.5 Å². The van der Waals surface area contributed by atoms with Crippen LogP contribution >= 0.6 is 0 Å². The summed E-state index contributed by atoms with van der Waals surface area (Å²) >= 11 is 0. The molecule has 2 aromatic carbocycles. The zero-order valence-corrected chi connectivity index (χ0v) is 14.1. The Bertz CT molecular complexity index is 669. The van der Waals surface area contributed by atoms with Gasteiger partial charge in [0.15, 0.2) is 0 Å². The number of rotatable bonds is 5. The average Bonchev–Trinajstić information content (AvgIpc) is 2.96. The Kier molecular flexibility index (Phi) is 5.28. The molecule has 0 aliphatic carbocycles. The number of hydrogen-bond donors (Lipinski definition) is 2. The molecule has 0 aromatic heterocycles. The van der Waals surface area contributed by atoms with E-state index in [1.165, 1.54) is 11.1 Å². The summed E-state index contributed by atoms with van der Waals surface area (Å²) in [7, 11) is 0. The number of nitrogens with one attached hydrogen (secondary N) is 1. The molecule has 1 heterocycles. The third-order valence-electron chi connectivity index (χ3n) is 4.68. The van der Waals surface area contributed by atoms with Gasteiger partial charge in [0.2, 0.25) is 5.91 Å². The molecule has 3 rings (SSSR count). The Hall–Kier alpha value is -2.17. The van der Waals surface area contributed by atoms with Crippen LogP contribution in [0.15, 0.2) is 54.6 Å². The predicted molar refractivity (Wildman–Crippen MR) is 98.0 cm³/mol. The van der Waals surface area contributed by atoms with Crippen LogP contribution in [0.25, 0.3) is 0 Å². The SMILES string of the molecule is CCc1ccc(NC(=O)CN2C[C@@H](N)[C@H](c3ccccc3)C2)cc1. The third kappa shape index (κ3) is 4.02. The highest BCUT2D eigenvalue weighted by Gasteiger charge is 2.31. The number of hydrogen-bond acceptors (Lipinski definition) is 3. The van der Waals surface area contributed by atoms with Crippen LogP contribution in [0.4, 0.5) is 5.69 Å². The van der Waals surface area contributed by atoms with Crippen molar-refractivity contribution in [3.63, 3.8) is 0 Å². The fourth-order valence-corrected chi connectivity index (χ4v) is 3.32. The first kappa shape index (κ1) is 16.7. The summed E-state index contributed by atoms with van der Waals surface area (Å²) in [5.41, 5.74) is 9.66. The molecule has 3 N–H and O–H groups in total. The summed E-state index contributed by atoms with van der Waals surface area (Å²) in [5.74, 6) is 0.308. The molecule has 2 atom stereocenters. The van der Waals surface area contributed by atoms with E-state index in [1.54, 1.807) is 0 Å². The van der Waals surface area contributed by atoms with E-state index < -0.39 is 0 Å². The van der Waals surface area contributed by atoms with Crippen molar-refractivity contribution in [2.45, 2.75) is 25.3 Å². The largest absolute Gasteiger partial charge is 0.326 e. The number of nitrogens with zero attached hydrogens (tertiary/aromatic N) is 1. The zero-order chi connectivity index (χ0) is 16.9. The van der Waals surface area contributed by atoms with E-state index in [-0.39, 0.29) is 11.9 Å². The van der Waals surface area contributed by atoms with E-state index in [0.717, 1.165) is 25.2 Å². The van der Waals surface area contributed by atoms with Gasteiger partial charge in [-0.05, 0) is 29.7 Å². The number of carbonyl (C=O) groups is 1. The maximum atomic E-state index is 12.3. The van der Waals surface area contributed by atoms with Gasteiger partial charge in [-0.3, -0.25) is 9.69 Å². The van der Waals surface area contributed by atoms with Crippen LogP contribution in [0.1, 0.15) is 24.0 Å². The molecule has 1 fully saturated rings. The van der Waals surface area contributed by atoms with Gasteiger partial charge in [-0.25, -0.2) is 0 Å². The van der Waals surface area contributed by atoms with Crippen LogP contribution in [0.5, 0.6) is 0 Å². The van der Waals surface area contributed by atoms with E-state index in [9.17, 15) is 4.79 Å². The molecule has 0 unspecified atom stereocenters. The Morgan fingerprint density at radius 2 is 1.83 bits per heavy atom. The van der Waals surface area contributed by atoms with Crippen molar-refractivity contribution >= 4 is 11.6 Å². The summed E-state index contributed by atoms with van der Waals surface area (Å²) in [5, 5.41) is 2.97. The molecule has 1 amide bonds. The number of likely N-dealkylation sites (tertiary alicyclic amines) is 1. The highest BCUT2D eigenvalue weighted by atomic mass is 16.2. The molecular formula is C20H25N3O. The topological polar surface area (TPSA) is 58.4 Å². The van der Waals surface area contributed by atoms with Gasteiger partial charge in [-0.15, -0.1) is 0 Å². The first-order valence-electron chi connectivity index (χ1n) is 8.57. The van der Waals surface area contributed by atoms with Crippen molar-refractivity contribution in [2.24, 2.45) is 5.73 Å². The Balaban J connectivity index is 1.55. The Labute approximate surface area is 143 Å². The minimum Gasteiger partial charge on any atom is -0.326 e. The number of carbonyl (C=O) groups excluding carboxylic acids is 1. The first-order valence-corrected chi connectivity index (χ1v) is 8.57. The van der Waals surface area contributed by atoms with Gasteiger partial charge in [0.1, 0.15) is 0 Å². The van der Waals surface area contributed by atoms with E-state index in [4.69, 9.17) is 5.73 Å². The van der Waals surface area contributed by atoms with Crippen molar-refractivity contribution < 1.29 is 4.79 Å². The normalized spacial score (nSPS) is 20.9. The molecular weight excluding hydrogens is 298 g/mol. The highest BCUT2D eigenvalue weighted by Crippen LogP contribution is 2.26. The smallest absolute Gasteiger partial charge is 0.238 e. The van der Waals surface area contributed by atoms with E-state index in [2.05, 4.69) is 29.3 Å². The van der Waals surface area contributed by atoms with Gasteiger partial charge in [-0.2, -0.15) is 0 Å². The molecule has 0 radical (unpaired) electrons. The quantitative estimate of drug-likeness (QED) is 0.889. The lowest BCUT2D eigenvalue weighted by Crippen LogP contribution is -2.33. The lowest BCUT2D eigenvalue weighted by molar-refractivity contribution is -0.117. The van der Waals surface area contributed by atoms with Crippen LogP contribution < -0.4 is 11.1 Å². The van der Waals surface area contributed by atoms with Gasteiger partial charge >= 0.3 is 0 Å². The molecule has 0 spiro atoms. The lowest BCUT2D eigenvalue weighted by atomic mass is 9.95. The number of nitrogens with two attached hydrogens (primary N) is 1. The van der Waals surface area contributed by atoms with Crippen molar-refractivity contribution in [1.29, 1.82) is 0 Å². The Morgan fingerprint density at radius 1 is 1.12 bits per heavy atom. The molecule has 1 aliphatic rings. The van der Waals surface area contributed by atoms with Crippen molar-refractivity contribution in [3.8, 4) is 0 Å². The molecule has 126 valence electrons. The Morgan fingerprint density at radius 3 is 2.50 bits per heavy atom. The number of aryl methyl sites for hydroxylation is 1. The van der Waals surface area contributed by atoms with Gasteiger partial charge in [-0.1, -0.05) is 49.4 Å². The summed E-state index contributed by atoms with van der Waals surface area (Å²) in [6, 6.07) is 18.4. The monoisotopic (exact) mass is 323 g/mol. The van der Waals surface area contributed by atoms with Gasteiger partial charge < -0.3 is 11.1 Å². The summed E-state index contributed by atoms with van der Waals surface area (Å²) in [6.07, 6.45) is 1.00. The van der Waals surface area contributed by atoms with Gasteiger partial charge in [0, 0.05) is 30.7 Å². The summed E-state index contributed by atoms with van der Waals surface area (Å²) < 4.78 is 0. The molecule has 1 aliphatic heterocycles. The summed E-state index contributed by atoms with van der Waals surface area (Å²) in [6.45, 7) is 4.08. The second-order valence-corrected chi connectivity index (χ2v) is 6.47. The number of benzene rings is 2. The van der Waals surface area contributed by atoms with E-state index >= 15 is 0 Å². The molecule has 4 nitrogen and oxygen atoms in total. The van der Waals surface area contributed by atoms with Crippen molar-refractivity contribution in [2.75, 3.05) is 25.0 Å². The van der Waals surface area contributed by atoms with Crippen molar-refractivity contribution in [3.05, 3.63) is 65.7 Å². The second-order valence-electron chi connectivity index (χ2n) is 6.47. The zero-order valence-electron chi connectivity index (χ0n) is 14.1. The minimum atomic E-state index is 0.0140. The fraction of sp³-hybridized carbons (Fsp3) is 0.350. The molecule has 24 heavy (non-hydrogen) atoms. The van der Waals surface area contributed by atoms with E-state index in [1.807, 2.05) is 42.5 Å². The number of amides is 1. The molecule has 0 bridgehead atoms. The van der Waals surface area contributed by atoms with Crippen LogP contribution in [0.2, 0.25) is 0 Å². The van der Waals surface area contributed by atoms with Crippen LogP contribution in [0.3, 0.4) is 0 Å². The predicted octanol–water partition coefficient (Wildman–Crippen LogP) is 2.61. The standard InChI is InChI=1S/C20H25N3O/c1-2-15-8-10-17(11-9-15)22-20(24)14-23-12-18(19(21)13-23)16-6-4-3-5-7-16/h3-11,18-19H,2,12-14,21H2,1H3,(H,22,24)/t18-,19+/m0/s1. The van der Waals surface area contributed by atoms with Gasteiger partial charge in [0.05, 0.1) is 6.54 Å². The molecule has 2 aromatic rings. The van der Waals surface area contributed by atoms with Crippen LogP contribution in [0, 0.1) is 0 Å². The number of anilines is 1. The fourth-order valence-electron chi connectivity index (χ4n) is 3.32. The van der Waals surface area contributed by atoms with Crippen LogP contribution in [-0.2, 0) is 11.2 Å². The maximum Gasteiger partial charge on any atom is 0.238 e. The third-order valence-corrected chi connectivity index (χ3v) is 4.68. The van der Waals surface area contributed by atoms with Crippen LogP contribution in [-0.4, -0.2) is 36.5 Å². The van der Waals surface area contributed by atoms with Crippen molar-refractivity contribution in [1.82, 2.24) is 4.90 Å². The second kappa shape index (κ2) is 7.60. The maximum absolute atomic E-state index is 12.3. The first-order chi connectivity index (χ1) is 11.7. The van der Waals surface area contributed by atoms with Gasteiger partial charge in [0.25, 0.3) is 0 Å². The minimum absolute atomic E-state index is 0.0140.